The highest BCUT2D eigenvalue weighted by atomic mass is 35.5. The van der Waals surface area contributed by atoms with Crippen LogP contribution in [-0.2, 0) is 9.59 Å². The molecule has 1 atom stereocenters. The summed E-state index contributed by atoms with van der Waals surface area (Å²) < 4.78 is 18.7. The van der Waals surface area contributed by atoms with Crippen LogP contribution >= 0.6 is 11.6 Å². The molecule has 2 aliphatic rings. The molecular formula is C23H22ClFN2O3. The van der Waals surface area contributed by atoms with E-state index >= 15 is 0 Å². The molecule has 7 heteroatoms. The Hall–Kier alpha value is -2.86. The molecule has 0 aliphatic carbocycles. The lowest BCUT2D eigenvalue weighted by Gasteiger charge is -2.33. The average molecular weight is 429 g/mol. The molecule has 156 valence electrons. The Morgan fingerprint density at radius 2 is 1.83 bits per heavy atom. The molecule has 4 rings (SSSR count). The van der Waals surface area contributed by atoms with E-state index < -0.39 is 17.6 Å². The second kappa shape index (κ2) is 8.11. The minimum Gasteiger partial charge on any atom is -0.495 e. The maximum atomic E-state index is 13.5. The number of piperidine rings is 1. The zero-order chi connectivity index (χ0) is 21.4. The Bertz CT molecular complexity index is 1040. The number of amides is 2. The van der Waals surface area contributed by atoms with Gasteiger partial charge in [0.1, 0.15) is 17.3 Å². The summed E-state index contributed by atoms with van der Waals surface area (Å²) in [7, 11) is 1.50. The third-order valence-corrected chi connectivity index (χ3v) is 5.85. The van der Waals surface area contributed by atoms with Crippen LogP contribution < -0.4 is 9.64 Å². The summed E-state index contributed by atoms with van der Waals surface area (Å²) in [5, 5.41) is 0.305. The monoisotopic (exact) mass is 428 g/mol. The standard InChI is InChI=1S/C23H22ClFN2O3/c1-14-4-3-11-26(13-14)21-20(15-5-7-16(25)8-6-15)22(28)27(23(21)29)17-9-10-19(30-2)18(24)12-17/h5-10,12,14H,3-4,11,13H2,1-2H3. The topological polar surface area (TPSA) is 49.9 Å². The van der Waals surface area contributed by atoms with Gasteiger partial charge in [0.2, 0.25) is 0 Å². The van der Waals surface area contributed by atoms with Gasteiger partial charge >= 0.3 is 0 Å². The van der Waals surface area contributed by atoms with Gasteiger partial charge in [-0.3, -0.25) is 9.59 Å². The average Bonchev–Trinajstić information content (AvgIpc) is 2.99. The lowest BCUT2D eigenvalue weighted by atomic mass is 9.98. The maximum absolute atomic E-state index is 13.5. The number of carbonyl (C=O) groups is 2. The molecule has 0 aromatic heterocycles. The number of halogens is 2. The van der Waals surface area contributed by atoms with E-state index in [1.54, 1.807) is 18.2 Å². The fraction of sp³-hybridized carbons (Fsp3) is 0.304. The molecule has 2 heterocycles. The summed E-state index contributed by atoms with van der Waals surface area (Å²) in [6.07, 6.45) is 2.02. The Labute approximate surface area is 179 Å². The van der Waals surface area contributed by atoms with Gasteiger partial charge in [-0.1, -0.05) is 30.7 Å². The molecule has 2 amide bonds. The van der Waals surface area contributed by atoms with Crippen LogP contribution in [0.25, 0.3) is 5.57 Å². The number of likely N-dealkylation sites (tertiary alicyclic amines) is 1. The molecular weight excluding hydrogens is 407 g/mol. The molecule has 1 unspecified atom stereocenters. The molecule has 1 fully saturated rings. The van der Waals surface area contributed by atoms with Gasteiger partial charge in [0, 0.05) is 13.1 Å². The lowest BCUT2D eigenvalue weighted by molar-refractivity contribution is -0.120. The van der Waals surface area contributed by atoms with E-state index in [-0.39, 0.29) is 0 Å². The number of anilines is 1. The lowest BCUT2D eigenvalue weighted by Crippen LogP contribution is -2.39. The summed E-state index contributed by atoms with van der Waals surface area (Å²) in [5.74, 6) is -0.372. The SMILES string of the molecule is COc1ccc(N2C(=O)C(c3ccc(F)cc3)=C(N3CCCC(C)C3)C2=O)cc1Cl. The highest BCUT2D eigenvalue weighted by molar-refractivity contribution is 6.45. The van der Waals surface area contributed by atoms with Crippen LogP contribution in [0.15, 0.2) is 48.2 Å². The summed E-state index contributed by atoms with van der Waals surface area (Å²) in [4.78, 5) is 30.1. The highest BCUT2D eigenvalue weighted by Crippen LogP contribution is 2.38. The van der Waals surface area contributed by atoms with Gasteiger partial charge in [-0.25, -0.2) is 9.29 Å². The van der Waals surface area contributed by atoms with Crippen molar-refractivity contribution in [2.75, 3.05) is 25.1 Å². The van der Waals surface area contributed by atoms with Crippen molar-refractivity contribution in [1.29, 1.82) is 0 Å². The number of methoxy groups -OCH3 is 1. The van der Waals surface area contributed by atoms with Crippen molar-refractivity contribution in [3.8, 4) is 5.75 Å². The number of hydrogen-bond donors (Lipinski definition) is 0. The zero-order valence-corrected chi connectivity index (χ0v) is 17.6. The molecule has 0 radical (unpaired) electrons. The minimum atomic E-state index is -0.443. The molecule has 0 spiro atoms. The van der Waals surface area contributed by atoms with Gasteiger partial charge in [0.05, 0.1) is 23.4 Å². The van der Waals surface area contributed by atoms with E-state index in [2.05, 4.69) is 6.92 Å². The molecule has 2 aliphatic heterocycles. The quantitative estimate of drug-likeness (QED) is 0.672. The second-order valence-electron chi connectivity index (χ2n) is 7.69. The van der Waals surface area contributed by atoms with Crippen molar-refractivity contribution in [2.24, 2.45) is 5.92 Å². The molecule has 0 N–H and O–H groups in total. The fourth-order valence-corrected chi connectivity index (χ4v) is 4.36. The number of benzene rings is 2. The molecule has 0 saturated carbocycles. The molecule has 1 saturated heterocycles. The first-order valence-electron chi connectivity index (χ1n) is 9.88. The predicted molar refractivity (Wildman–Crippen MR) is 114 cm³/mol. The number of ether oxygens (including phenoxy) is 1. The number of rotatable bonds is 4. The predicted octanol–water partition coefficient (Wildman–Crippen LogP) is 4.50. The van der Waals surface area contributed by atoms with E-state index in [1.807, 2.05) is 4.90 Å². The van der Waals surface area contributed by atoms with Gasteiger partial charge in [-0.05, 0) is 54.7 Å². The van der Waals surface area contributed by atoms with Crippen LogP contribution in [0.2, 0.25) is 5.02 Å². The van der Waals surface area contributed by atoms with Crippen molar-refractivity contribution < 1.29 is 18.7 Å². The summed E-state index contributed by atoms with van der Waals surface area (Å²) in [6, 6.07) is 10.5. The maximum Gasteiger partial charge on any atom is 0.282 e. The van der Waals surface area contributed by atoms with Crippen LogP contribution in [-0.4, -0.2) is 36.9 Å². The Morgan fingerprint density at radius 3 is 2.47 bits per heavy atom. The molecule has 5 nitrogen and oxygen atoms in total. The molecule has 0 bridgehead atoms. The van der Waals surface area contributed by atoms with Crippen LogP contribution in [0, 0.1) is 11.7 Å². The first kappa shape index (κ1) is 20.4. The van der Waals surface area contributed by atoms with Crippen molar-refractivity contribution in [3.63, 3.8) is 0 Å². The first-order valence-corrected chi connectivity index (χ1v) is 10.3. The third-order valence-electron chi connectivity index (χ3n) is 5.56. The van der Waals surface area contributed by atoms with Crippen LogP contribution in [0.5, 0.6) is 5.75 Å². The van der Waals surface area contributed by atoms with Gasteiger partial charge in [-0.15, -0.1) is 0 Å². The Balaban J connectivity index is 1.81. The smallest absolute Gasteiger partial charge is 0.282 e. The number of hydrogen-bond acceptors (Lipinski definition) is 4. The molecule has 2 aromatic rings. The van der Waals surface area contributed by atoms with Gasteiger partial charge in [-0.2, -0.15) is 0 Å². The van der Waals surface area contributed by atoms with Crippen LogP contribution in [0.3, 0.4) is 0 Å². The van der Waals surface area contributed by atoms with E-state index in [9.17, 15) is 14.0 Å². The van der Waals surface area contributed by atoms with Gasteiger partial charge in [0.25, 0.3) is 11.8 Å². The van der Waals surface area contributed by atoms with E-state index in [0.29, 0.717) is 52.3 Å². The van der Waals surface area contributed by atoms with Gasteiger partial charge in [0.15, 0.2) is 0 Å². The third kappa shape index (κ3) is 3.56. The Morgan fingerprint density at radius 1 is 1.10 bits per heavy atom. The first-order chi connectivity index (χ1) is 14.4. The fourth-order valence-electron chi connectivity index (χ4n) is 4.11. The largest absolute Gasteiger partial charge is 0.495 e. The van der Waals surface area contributed by atoms with E-state index in [4.69, 9.17) is 16.3 Å². The van der Waals surface area contributed by atoms with E-state index in [1.165, 1.54) is 31.4 Å². The second-order valence-corrected chi connectivity index (χ2v) is 8.10. The summed E-state index contributed by atoms with van der Waals surface area (Å²) in [6.45, 7) is 3.52. The van der Waals surface area contributed by atoms with E-state index in [0.717, 1.165) is 17.7 Å². The minimum absolute atomic E-state index is 0.293. The van der Waals surface area contributed by atoms with Crippen molar-refractivity contribution in [2.45, 2.75) is 19.8 Å². The van der Waals surface area contributed by atoms with Crippen molar-refractivity contribution >= 4 is 34.7 Å². The normalized spacial score (nSPS) is 19.7. The summed E-state index contributed by atoms with van der Waals surface area (Å²) in [5.41, 5.74) is 1.55. The Kier molecular flexibility index (Phi) is 5.52. The highest BCUT2D eigenvalue weighted by Gasteiger charge is 2.43. The zero-order valence-electron chi connectivity index (χ0n) is 16.8. The molecule has 30 heavy (non-hydrogen) atoms. The number of carbonyl (C=O) groups excluding carboxylic acids is 2. The van der Waals surface area contributed by atoms with Crippen molar-refractivity contribution in [1.82, 2.24) is 4.90 Å². The number of imide groups is 1. The van der Waals surface area contributed by atoms with Crippen LogP contribution in [0.1, 0.15) is 25.3 Å². The van der Waals surface area contributed by atoms with Crippen LogP contribution in [0.4, 0.5) is 10.1 Å². The summed E-state index contributed by atoms with van der Waals surface area (Å²) >= 11 is 6.24. The van der Waals surface area contributed by atoms with Crippen molar-refractivity contribution in [3.05, 3.63) is 64.6 Å². The molecule has 2 aromatic carbocycles. The van der Waals surface area contributed by atoms with Gasteiger partial charge < -0.3 is 9.64 Å². The number of nitrogens with zero attached hydrogens (tertiary/aromatic N) is 2.